The molecule has 0 bridgehead atoms. The van der Waals surface area contributed by atoms with Crippen LogP contribution in [0.3, 0.4) is 0 Å². The average molecular weight is 388 g/mol. The fourth-order valence-electron chi connectivity index (χ4n) is 3.18. The molecule has 2 heterocycles. The van der Waals surface area contributed by atoms with Crippen LogP contribution in [0.15, 0.2) is 46.7 Å². The number of rotatable bonds is 4. The molecule has 0 aromatic heterocycles. The summed E-state index contributed by atoms with van der Waals surface area (Å²) in [6, 6.07) is 5.54. The van der Waals surface area contributed by atoms with Crippen molar-refractivity contribution < 1.29 is 27.8 Å². The molecule has 2 aromatic rings. The summed E-state index contributed by atoms with van der Waals surface area (Å²) in [5, 5.41) is 9.14. The molecule has 2 atom stereocenters. The van der Waals surface area contributed by atoms with Gasteiger partial charge in [0.15, 0.2) is 23.7 Å². The maximum atomic E-state index is 13.6. The Labute approximate surface area is 157 Å². The first kappa shape index (κ1) is 17.8. The van der Waals surface area contributed by atoms with Crippen LogP contribution in [0.25, 0.3) is 0 Å². The van der Waals surface area contributed by atoms with Gasteiger partial charge in [0.25, 0.3) is 11.8 Å². The van der Waals surface area contributed by atoms with E-state index >= 15 is 0 Å². The lowest BCUT2D eigenvalue weighted by atomic mass is 10.1. The van der Waals surface area contributed by atoms with E-state index in [9.17, 15) is 18.4 Å². The zero-order valence-corrected chi connectivity index (χ0v) is 14.8. The Balaban J connectivity index is 1.71. The van der Waals surface area contributed by atoms with Crippen LogP contribution in [0, 0.1) is 11.6 Å². The fourth-order valence-corrected chi connectivity index (χ4v) is 3.18. The maximum absolute atomic E-state index is 13.6. The molecule has 0 spiro atoms. The first-order valence-corrected chi connectivity index (χ1v) is 8.20. The summed E-state index contributed by atoms with van der Waals surface area (Å²) in [6.45, 7) is 0. The normalized spacial score (nSPS) is 20.7. The SMILES string of the molecule is COc1cc(OC)cc(N2N=N[C@@H]3C(=O)N(c4ccc(F)c(F)c4)C(=O)[C@@H]32)c1. The third-order valence-electron chi connectivity index (χ3n) is 4.54. The summed E-state index contributed by atoms with van der Waals surface area (Å²) < 4.78 is 37.2. The van der Waals surface area contributed by atoms with Crippen molar-refractivity contribution in [2.75, 3.05) is 24.1 Å². The molecule has 1 saturated heterocycles. The monoisotopic (exact) mass is 388 g/mol. The van der Waals surface area contributed by atoms with Gasteiger partial charge >= 0.3 is 0 Å². The van der Waals surface area contributed by atoms with Crippen LogP contribution in [-0.2, 0) is 9.59 Å². The zero-order chi connectivity index (χ0) is 20.0. The van der Waals surface area contributed by atoms with E-state index in [-0.39, 0.29) is 5.69 Å². The lowest BCUT2D eigenvalue weighted by Crippen LogP contribution is -2.40. The highest BCUT2D eigenvalue weighted by molar-refractivity contribution is 6.26. The van der Waals surface area contributed by atoms with Crippen LogP contribution in [-0.4, -0.2) is 38.1 Å². The largest absolute Gasteiger partial charge is 0.497 e. The molecule has 4 rings (SSSR count). The molecule has 144 valence electrons. The van der Waals surface area contributed by atoms with Crippen molar-refractivity contribution in [2.45, 2.75) is 12.1 Å². The Morgan fingerprint density at radius 2 is 1.57 bits per heavy atom. The number of amides is 2. The Morgan fingerprint density at radius 3 is 2.18 bits per heavy atom. The van der Waals surface area contributed by atoms with Gasteiger partial charge in [-0.25, -0.2) is 18.7 Å². The summed E-state index contributed by atoms with van der Waals surface area (Å²) in [4.78, 5) is 26.4. The molecule has 0 unspecified atom stereocenters. The molecule has 0 N–H and O–H groups in total. The van der Waals surface area contributed by atoms with Crippen LogP contribution >= 0.6 is 0 Å². The Morgan fingerprint density at radius 1 is 0.893 bits per heavy atom. The van der Waals surface area contributed by atoms with E-state index in [0.717, 1.165) is 23.1 Å². The van der Waals surface area contributed by atoms with Crippen molar-refractivity contribution in [1.82, 2.24) is 0 Å². The Hall–Kier alpha value is -3.56. The average Bonchev–Trinajstić information content (AvgIpc) is 3.24. The van der Waals surface area contributed by atoms with Crippen molar-refractivity contribution in [1.29, 1.82) is 0 Å². The number of fused-ring (bicyclic) bond motifs is 1. The summed E-state index contributed by atoms with van der Waals surface area (Å²) in [7, 11) is 2.95. The highest BCUT2D eigenvalue weighted by Gasteiger charge is 2.55. The molecule has 1 fully saturated rings. The summed E-state index contributed by atoms with van der Waals surface area (Å²) in [5.74, 6) is -2.63. The van der Waals surface area contributed by atoms with Crippen molar-refractivity contribution in [3.8, 4) is 11.5 Å². The lowest BCUT2D eigenvalue weighted by molar-refractivity contribution is -0.121. The number of carbonyl (C=O) groups excluding carboxylic acids is 2. The van der Waals surface area contributed by atoms with Gasteiger partial charge in [-0.15, -0.1) is 0 Å². The van der Waals surface area contributed by atoms with E-state index in [0.29, 0.717) is 17.2 Å². The lowest BCUT2D eigenvalue weighted by Gasteiger charge is -2.21. The molecule has 28 heavy (non-hydrogen) atoms. The maximum Gasteiger partial charge on any atom is 0.263 e. The molecule has 8 nitrogen and oxygen atoms in total. The predicted molar refractivity (Wildman–Crippen MR) is 93.3 cm³/mol. The van der Waals surface area contributed by atoms with Crippen molar-refractivity contribution in [3.05, 3.63) is 48.0 Å². The topological polar surface area (TPSA) is 83.8 Å². The number of nitrogens with zero attached hydrogens (tertiary/aromatic N) is 4. The molecule has 2 amide bonds. The van der Waals surface area contributed by atoms with Gasteiger partial charge in [0.05, 0.1) is 25.6 Å². The first-order chi connectivity index (χ1) is 13.4. The molecular formula is C18H14F2N4O4. The van der Waals surface area contributed by atoms with Gasteiger partial charge in [-0.1, -0.05) is 5.22 Å². The van der Waals surface area contributed by atoms with Crippen molar-refractivity contribution in [2.24, 2.45) is 10.3 Å². The molecule has 2 aliphatic heterocycles. The smallest absolute Gasteiger partial charge is 0.263 e. The van der Waals surface area contributed by atoms with E-state index in [2.05, 4.69) is 10.3 Å². The number of ether oxygens (including phenoxy) is 2. The standard InChI is InChI=1S/C18H14F2N4O4/c1-27-11-5-10(6-12(8-11)28-2)24-16-15(21-22-24)17(25)23(18(16)26)9-3-4-13(19)14(20)7-9/h3-8,15-16H,1-2H3/t15-,16+/m0/s1. The molecule has 2 aromatic carbocycles. The number of benzene rings is 2. The molecule has 0 radical (unpaired) electrons. The molecule has 10 heteroatoms. The number of methoxy groups -OCH3 is 2. The number of hydrogen-bond acceptors (Lipinski definition) is 7. The molecule has 2 aliphatic rings. The fraction of sp³-hybridized carbons (Fsp3) is 0.222. The van der Waals surface area contributed by atoms with Gasteiger partial charge < -0.3 is 9.47 Å². The molecule has 0 aliphatic carbocycles. The van der Waals surface area contributed by atoms with Crippen LogP contribution < -0.4 is 19.4 Å². The third-order valence-corrected chi connectivity index (χ3v) is 4.54. The summed E-state index contributed by atoms with van der Waals surface area (Å²) in [5.41, 5.74) is 0.363. The van der Waals surface area contributed by atoms with Crippen molar-refractivity contribution in [3.63, 3.8) is 0 Å². The van der Waals surface area contributed by atoms with Gasteiger partial charge in [0.1, 0.15) is 11.5 Å². The molecule has 0 saturated carbocycles. The van der Waals surface area contributed by atoms with Crippen LogP contribution in [0.2, 0.25) is 0 Å². The van der Waals surface area contributed by atoms with E-state index in [4.69, 9.17) is 9.47 Å². The first-order valence-electron chi connectivity index (χ1n) is 8.20. The number of imide groups is 1. The van der Waals surface area contributed by atoms with Gasteiger partial charge in [0, 0.05) is 24.3 Å². The number of hydrogen-bond donors (Lipinski definition) is 0. The Kier molecular flexibility index (Phi) is 4.17. The number of anilines is 2. The summed E-state index contributed by atoms with van der Waals surface area (Å²) >= 11 is 0. The third kappa shape index (κ3) is 2.65. The van der Waals surface area contributed by atoms with E-state index in [1.54, 1.807) is 18.2 Å². The van der Waals surface area contributed by atoms with E-state index in [1.807, 2.05) is 0 Å². The Bertz CT molecular complexity index is 991. The van der Waals surface area contributed by atoms with Crippen LogP contribution in [0.5, 0.6) is 11.5 Å². The highest BCUT2D eigenvalue weighted by atomic mass is 19.2. The number of carbonyl (C=O) groups is 2. The minimum Gasteiger partial charge on any atom is -0.497 e. The van der Waals surface area contributed by atoms with E-state index < -0.39 is 35.5 Å². The van der Waals surface area contributed by atoms with Gasteiger partial charge in [-0.05, 0) is 12.1 Å². The second kappa shape index (κ2) is 6.55. The van der Waals surface area contributed by atoms with Gasteiger partial charge in [0.2, 0.25) is 0 Å². The minimum atomic E-state index is -1.16. The number of halogens is 2. The van der Waals surface area contributed by atoms with Gasteiger partial charge in [-0.3, -0.25) is 9.59 Å². The predicted octanol–water partition coefficient (Wildman–Crippen LogP) is 2.48. The van der Waals surface area contributed by atoms with Crippen molar-refractivity contribution >= 4 is 23.2 Å². The van der Waals surface area contributed by atoms with E-state index in [1.165, 1.54) is 19.2 Å². The van der Waals surface area contributed by atoms with Crippen LogP contribution in [0.4, 0.5) is 20.2 Å². The van der Waals surface area contributed by atoms with Crippen LogP contribution in [0.1, 0.15) is 0 Å². The second-order valence-corrected chi connectivity index (χ2v) is 6.12. The van der Waals surface area contributed by atoms with Gasteiger partial charge in [-0.2, -0.15) is 5.11 Å². The highest BCUT2D eigenvalue weighted by Crippen LogP contribution is 2.37. The minimum absolute atomic E-state index is 0.0679. The summed E-state index contributed by atoms with van der Waals surface area (Å²) in [6.07, 6.45) is 0. The zero-order valence-electron chi connectivity index (χ0n) is 14.8. The molecular weight excluding hydrogens is 374 g/mol. The second-order valence-electron chi connectivity index (χ2n) is 6.12. The quantitative estimate of drug-likeness (QED) is 0.752.